The van der Waals surface area contributed by atoms with Gasteiger partial charge in [0.1, 0.15) is 7.75 Å². The molecule has 35 heavy (non-hydrogen) atoms. The number of hydrogen-bond donors (Lipinski definition) is 2. The predicted molar refractivity (Wildman–Crippen MR) is 146 cm³/mol. The van der Waals surface area contributed by atoms with Crippen LogP contribution in [-0.2, 0) is 9.13 Å². The Kier molecular flexibility index (Phi) is 24.0. The molecule has 0 amide bonds. The molecule has 0 aliphatic heterocycles. The molecule has 0 saturated heterocycles. The van der Waals surface area contributed by atoms with Crippen molar-refractivity contribution in [3.63, 3.8) is 0 Å². The van der Waals surface area contributed by atoms with Crippen LogP contribution < -0.4 is 9.79 Å². The van der Waals surface area contributed by atoms with Gasteiger partial charge in [0.05, 0.1) is 39.3 Å². The first-order valence-corrected chi connectivity index (χ1v) is 16.7. The second-order valence-electron chi connectivity index (χ2n) is 9.63. The highest BCUT2D eigenvalue weighted by Gasteiger charge is 2.44. The highest BCUT2D eigenvalue weighted by molar-refractivity contribution is 7.45. The summed E-state index contributed by atoms with van der Waals surface area (Å²) in [7, 11) is -8.62. The van der Waals surface area contributed by atoms with Crippen molar-refractivity contribution in [2.24, 2.45) is 0 Å². The summed E-state index contributed by atoms with van der Waals surface area (Å²) >= 11 is 0. The molecule has 0 radical (unpaired) electrons. The lowest BCUT2D eigenvalue weighted by Gasteiger charge is -2.51. The van der Waals surface area contributed by atoms with E-state index < -0.39 is 15.5 Å². The fourth-order valence-electron chi connectivity index (χ4n) is 4.14. The Labute approximate surface area is 218 Å². The molecule has 8 nitrogen and oxygen atoms in total. The van der Waals surface area contributed by atoms with E-state index >= 15 is 0 Å². The van der Waals surface area contributed by atoms with E-state index in [1.165, 1.54) is 0 Å². The maximum atomic E-state index is 11.8. The van der Waals surface area contributed by atoms with Crippen molar-refractivity contribution in [2.75, 3.05) is 39.3 Å². The minimum Gasteiger partial charge on any atom is -0.765 e. The highest BCUT2D eigenvalue weighted by Crippen LogP contribution is 2.49. The lowest BCUT2D eigenvalue weighted by Crippen LogP contribution is -2.53. The van der Waals surface area contributed by atoms with Crippen molar-refractivity contribution in [1.29, 1.82) is 0 Å². The number of quaternary nitrogens is 2. The summed E-state index contributed by atoms with van der Waals surface area (Å²) in [5, 5.41) is 0. The maximum absolute atomic E-state index is 11.8. The van der Waals surface area contributed by atoms with Gasteiger partial charge in [-0.25, -0.2) is 8.82 Å². The molecule has 0 aromatic carbocycles. The fraction of sp³-hybridized carbons (Fsp3) is 1.00. The number of rotatable bonds is 20. The molecule has 0 spiro atoms. The molecule has 0 aromatic heterocycles. The molecular weight excluding hydrogens is 486 g/mol. The van der Waals surface area contributed by atoms with Crippen molar-refractivity contribution < 1.29 is 37.2 Å². The van der Waals surface area contributed by atoms with E-state index in [9.17, 15) is 28.7 Å². The van der Waals surface area contributed by atoms with Crippen LogP contribution in [0.3, 0.4) is 0 Å². The van der Waals surface area contributed by atoms with Crippen LogP contribution >= 0.6 is 15.5 Å². The Morgan fingerprint density at radius 2 is 0.714 bits per heavy atom. The molecular formula is C25H60N2O6P2. The van der Waals surface area contributed by atoms with Gasteiger partial charge in [-0.2, -0.15) is 0 Å². The van der Waals surface area contributed by atoms with Crippen LogP contribution in [0.25, 0.3) is 0 Å². The van der Waals surface area contributed by atoms with Crippen LogP contribution in [-0.4, -0.2) is 57.6 Å². The summed E-state index contributed by atoms with van der Waals surface area (Å²) in [5.74, 6) is 0. The van der Waals surface area contributed by atoms with E-state index in [-0.39, 0.29) is 15.9 Å². The van der Waals surface area contributed by atoms with E-state index in [4.69, 9.17) is 0 Å². The van der Waals surface area contributed by atoms with E-state index in [0.717, 1.165) is 77.0 Å². The third kappa shape index (κ3) is 15.3. The summed E-state index contributed by atoms with van der Waals surface area (Å²) in [6.07, 6.45) is 10.8. The number of nitrogens with zero attached hydrogens (tertiary/aromatic N) is 2. The Bertz CT molecular complexity index is 487. The normalized spacial score (nSPS) is 12.6. The van der Waals surface area contributed by atoms with Gasteiger partial charge in [-0.15, -0.1) is 0 Å². The van der Waals surface area contributed by atoms with Gasteiger partial charge in [0.25, 0.3) is 0 Å². The summed E-state index contributed by atoms with van der Waals surface area (Å²) in [6.45, 7) is 15.6. The van der Waals surface area contributed by atoms with Gasteiger partial charge < -0.3 is 14.0 Å². The van der Waals surface area contributed by atoms with Crippen LogP contribution in [0.15, 0.2) is 0 Å². The van der Waals surface area contributed by atoms with Gasteiger partial charge in [0.15, 0.2) is 0 Å². The summed E-state index contributed by atoms with van der Waals surface area (Å²) in [6, 6.07) is 0. The lowest BCUT2D eigenvalue weighted by atomic mass is 10.2. The molecule has 216 valence electrons. The monoisotopic (exact) mass is 546 g/mol. The van der Waals surface area contributed by atoms with E-state index in [1.807, 2.05) is 20.8 Å². The average Bonchev–Trinajstić information content (AvgIpc) is 2.77. The minimum absolute atomic E-state index is 0. The van der Waals surface area contributed by atoms with E-state index in [2.05, 4.69) is 20.8 Å². The molecule has 10 heteroatoms. The zero-order valence-corrected chi connectivity index (χ0v) is 24.8. The van der Waals surface area contributed by atoms with Crippen molar-refractivity contribution >= 4 is 15.5 Å². The number of hydrogen-bond acceptors (Lipinski definition) is 4. The molecule has 0 aliphatic carbocycles. The maximum Gasteiger partial charge on any atom is 0.526 e. The number of unbranched alkanes of at least 4 members (excludes halogenated alkanes) is 6. The second-order valence-corrected chi connectivity index (χ2v) is 13.3. The van der Waals surface area contributed by atoms with Crippen LogP contribution in [0.2, 0.25) is 0 Å². The largest absolute Gasteiger partial charge is 0.765 e. The smallest absolute Gasteiger partial charge is 0.526 e. The molecule has 0 fully saturated rings. The van der Waals surface area contributed by atoms with Crippen molar-refractivity contribution in [3.05, 3.63) is 0 Å². The van der Waals surface area contributed by atoms with Crippen molar-refractivity contribution in [3.8, 4) is 0 Å². The lowest BCUT2D eigenvalue weighted by molar-refractivity contribution is -0.851. The SMILES string of the molecule is C.CCCC[N+](CCCC)(CCCC)P(=O)(O)O.CCCC[N+](CCCC)(CCCC)P(=O)([O-])[O-]. The standard InChI is InChI=1S/2C12H28NO3P.CH4/c2*1-4-7-10-13(11-8-5-2,12-9-6-3)17(14,15)16;/h2*4-12H2,1-3H3,(H-,14,15,16);1H4. The average molecular weight is 547 g/mol. The van der Waals surface area contributed by atoms with Crippen LogP contribution in [0.5, 0.6) is 0 Å². The van der Waals surface area contributed by atoms with Gasteiger partial charge in [-0.3, -0.25) is 14.4 Å². The zero-order valence-electron chi connectivity index (χ0n) is 23.0. The summed E-state index contributed by atoms with van der Waals surface area (Å²) < 4.78 is 23.2. The molecule has 0 heterocycles. The topological polar surface area (TPSA) is 121 Å². The minimum atomic E-state index is -4.56. The van der Waals surface area contributed by atoms with Crippen LogP contribution in [0.4, 0.5) is 0 Å². The molecule has 0 rings (SSSR count). The molecule has 0 bridgehead atoms. The molecule has 0 aromatic rings. The molecule has 0 aliphatic rings. The molecule has 2 N–H and O–H groups in total. The third-order valence-electron chi connectivity index (χ3n) is 6.64. The predicted octanol–water partition coefficient (Wildman–Crippen LogP) is 5.96. The Balaban J connectivity index is -0.000000569. The molecule has 0 saturated carbocycles. The highest BCUT2D eigenvalue weighted by atomic mass is 31.2. The van der Waals surface area contributed by atoms with Gasteiger partial charge >= 0.3 is 7.75 Å². The third-order valence-corrected chi connectivity index (χ3v) is 9.98. The Morgan fingerprint density at radius 3 is 0.857 bits per heavy atom. The molecule has 0 unspecified atom stereocenters. The second kappa shape index (κ2) is 21.2. The van der Waals surface area contributed by atoms with Gasteiger partial charge in [-0.1, -0.05) is 87.5 Å². The fourth-order valence-corrected chi connectivity index (χ4v) is 6.51. The van der Waals surface area contributed by atoms with Gasteiger partial charge in [0.2, 0.25) is 0 Å². The first kappa shape index (κ1) is 39.7. The first-order chi connectivity index (χ1) is 15.9. The first-order valence-electron chi connectivity index (χ1n) is 13.7. The van der Waals surface area contributed by atoms with E-state index in [1.54, 1.807) is 0 Å². The van der Waals surface area contributed by atoms with Crippen molar-refractivity contribution in [1.82, 2.24) is 0 Å². The zero-order chi connectivity index (χ0) is 26.7. The van der Waals surface area contributed by atoms with Gasteiger partial charge in [-0.05, 0) is 38.5 Å². The van der Waals surface area contributed by atoms with Gasteiger partial charge in [0, 0.05) is 0 Å². The van der Waals surface area contributed by atoms with Crippen LogP contribution in [0.1, 0.15) is 126 Å². The Hall–Kier alpha value is 0.220. The van der Waals surface area contributed by atoms with E-state index in [0.29, 0.717) is 39.3 Å². The summed E-state index contributed by atoms with van der Waals surface area (Å²) in [4.78, 5) is 42.6. The molecule has 0 atom stereocenters. The summed E-state index contributed by atoms with van der Waals surface area (Å²) in [5.41, 5.74) is 0. The van der Waals surface area contributed by atoms with Crippen LogP contribution in [0, 0.1) is 0 Å². The Morgan fingerprint density at radius 1 is 0.514 bits per heavy atom. The quantitative estimate of drug-likeness (QED) is 0.182. The van der Waals surface area contributed by atoms with Crippen molar-refractivity contribution in [2.45, 2.75) is 126 Å².